The molecule has 2 amide bonds. The molecule has 2 N–H and O–H groups in total. The number of nitrogens with zero attached hydrogens (tertiary/aromatic N) is 1. The molecule has 1 aliphatic heterocycles. The Hall–Kier alpha value is -1.63. The molecule has 4 nitrogen and oxygen atoms in total. The Kier molecular flexibility index (Phi) is 3.51. The van der Waals surface area contributed by atoms with Crippen molar-refractivity contribution in [2.75, 3.05) is 12.3 Å². The van der Waals surface area contributed by atoms with Gasteiger partial charge in [0.2, 0.25) is 11.8 Å². The van der Waals surface area contributed by atoms with Crippen LogP contribution in [-0.2, 0) is 9.59 Å². The van der Waals surface area contributed by atoms with Crippen LogP contribution in [0.3, 0.4) is 0 Å². The number of thioether (sulfide) groups is 1. The summed E-state index contributed by atoms with van der Waals surface area (Å²) in [5.41, 5.74) is 5.22. The van der Waals surface area contributed by atoms with Crippen molar-refractivity contribution in [3.05, 3.63) is 35.4 Å². The van der Waals surface area contributed by atoms with Crippen molar-refractivity contribution in [1.29, 1.82) is 0 Å². The fourth-order valence-corrected chi connectivity index (χ4v) is 2.96. The minimum absolute atomic E-state index is 0.148. The monoisotopic (exact) mass is 272 g/mol. The first kappa shape index (κ1) is 12.8. The van der Waals surface area contributed by atoms with Crippen LogP contribution in [0.15, 0.2) is 18.2 Å². The molecule has 1 saturated heterocycles. The lowest BCUT2D eigenvalue weighted by atomic mass is 10.2. The fraction of sp³-hybridized carbons (Fsp3) is 0.273. The molecule has 96 valence electrons. The molecule has 7 heteroatoms. The summed E-state index contributed by atoms with van der Waals surface area (Å²) < 4.78 is 26.4. The molecule has 2 rings (SSSR count). The minimum atomic E-state index is -0.739. The molecule has 0 spiro atoms. The van der Waals surface area contributed by atoms with Gasteiger partial charge in [-0.2, -0.15) is 0 Å². The number of amides is 2. The van der Waals surface area contributed by atoms with E-state index < -0.39 is 22.9 Å². The highest BCUT2D eigenvalue weighted by molar-refractivity contribution is 8.00. The maximum atomic E-state index is 13.6. The summed E-state index contributed by atoms with van der Waals surface area (Å²) >= 11 is 1.18. The molecule has 0 aliphatic carbocycles. The van der Waals surface area contributed by atoms with Crippen LogP contribution in [0, 0.1) is 11.6 Å². The van der Waals surface area contributed by atoms with Crippen molar-refractivity contribution >= 4 is 23.6 Å². The number of rotatable bonds is 3. The number of halogens is 2. The van der Waals surface area contributed by atoms with Gasteiger partial charge in [0.15, 0.2) is 0 Å². The summed E-state index contributed by atoms with van der Waals surface area (Å²) in [6.07, 6.45) is 0. The van der Waals surface area contributed by atoms with Crippen LogP contribution >= 0.6 is 11.8 Å². The number of benzene rings is 1. The van der Waals surface area contributed by atoms with Gasteiger partial charge in [-0.1, -0.05) is 6.07 Å². The van der Waals surface area contributed by atoms with Crippen molar-refractivity contribution in [3.8, 4) is 0 Å². The van der Waals surface area contributed by atoms with E-state index in [0.717, 1.165) is 12.1 Å². The van der Waals surface area contributed by atoms with Gasteiger partial charge in [-0.05, 0) is 6.07 Å². The van der Waals surface area contributed by atoms with Crippen LogP contribution in [0.2, 0.25) is 0 Å². The zero-order valence-electron chi connectivity index (χ0n) is 9.23. The molecular formula is C11H10F2N2O2S. The Bertz CT molecular complexity index is 510. The smallest absolute Gasteiger partial charge is 0.237 e. The number of hydrogen-bond donors (Lipinski definition) is 1. The van der Waals surface area contributed by atoms with Crippen molar-refractivity contribution in [3.63, 3.8) is 0 Å². The fourth-order valence-electron chi connectivity index (χ4n) is 1.75. The second-order valence-corrected chi connectivity index (χ2v) is 4.89. The molecule has 1 heterocycles. The largest absolute Gasteiger partial charge is 0.368 e. The standard InChI is InChI=1S/C11H10F2N2O2S/c12-6-1-2-7(8(13)3-6)11-15(4-9(14)16)10(17)5-18-11/h1-3,11H,4-5H2,(H2,14,16). The lowest BCUT2D eigenvalue weighted by Crippen LogP contribution is -2.36. The number of nitrogens with two attached hydrogens (primary N) is 1. The first-order chi connectivity index (χ1) is 8.49. The van der Waals surface area contributed by atoms with Gasteiger partial charge < -0.3 is 10.6 Å². The molecule has 0 saturated carbocycles. The normalized spacial score (nSPS) is 19.3. The molecule has 1 aromatic rings. The summed E-state index contributed by atoms with van der Waals surface area (Å²) in [7, 11) is 0. The van der Waals surface area contributed by atoms with Crippen LogP contribution in [-0.4, -0.2) is 29.0 Å². The number of primary amides is 1. The summed E-state index contributed by atoms with van der Waals surface area (Å²) in [6, 6.07) is 3.14. The molecule has 1 aliphatic rings. The van der Waals surface area contributed by atoms with Crippen LogP contribution in [0.4, 0.5) is 8.78 Å². The van der Waals surface area contributed by atoms with E-state index in [4.69, 9.17) is 5.73 Å². The molecule has 1 unspecified atom stereocenters. The maximum absolute atomic E-state index is 13.6. The van der Waals surface area contributed by atoms with Gasteiger partial charge in [0, 0.05) is 11.6 Å². The average molecular weight is 272 g/mol. The summed E-state index contributed by atoms with van der Waals surface area (Å²) in [6.45, 7) is -0.271. The third-order valence-corrected chi connectivity index (χ3v) is 3.76. The van der Waals surface area contributed by atoms with Gasteiger partial charge in [-0.15, -0.1) is 11.8 Å². The predicted octanol–water partition coefficient (Wildman–Crippen LogP) is 1.02. The molecule has 0 radical (unpaired) electrons. The van der Waals surface area contributed by atoms with Gasteiger partial charge in [-0.25, -0.2) is 8.78 Å². The van der Waals surface area contributed by atoms with Crippen molar-refractivity contribution < 1.29 is 18.4 Å². The third kappa shape index (κ3) is 2.45. The SMILES string of the molecule is NC(=O)CN1C(=O)CSC1c1ccc(F)cc1F. The molecule has 1 atom stereocenters. The zero-order valence-corrected chi connectivity index (χ0v) is 10.0. The van der Waals surface area contributed by atoms with E-state index in [1.807, 2.05) is 0 Å². The Morgan fingerprint density at radius 3 is 2.83 bits per heavy atom. The Balaban J connectivity index is 2.31. The third-order valence-electron chi connectivity index (χ3n) is 2.52. The number of carbonyl (C=O) groups excluding carboxylic acids is 2. The molecule has 0 bridgehead atoms. The van der Waals surface area contributed by atoms with Crippen LogP contribution in [0.1, 0.15) is 10.9 Å². The highest BCUT2D eigenvalue weighted by atomic mass is 32.2. The molecule has 1 fully saturated rings. The molecule has 18 heavy (non-hydrogen) atoms. The van der Waals surface area contributed by atoms with Crippen LogP contribution in [0.25, 0.3) is 0 Å². The first-order valence-corrected chi connectivity index (χ1v) is 6.18. The van der Waals surface area contributed by atoms with Gasteiger partial charge in [0.25, 0.3) is 0 Å². The van der Waals surface area contributed by atoms with Crippen LogP contribution in [0.5, 0.6) is 0 Å². The summed E-state index contributed by atoms with van der Waals surface area (Å²) in [5.74, 6) is -2.23. The second kappa shape index (κ2) is 4.93. The quantitative estimate of drug-likeness (QED) is 0.893. The summed E-state index contributed by atoms with van der Waals surface area (Å²) in [4.78, 5) is 23.7. The Morgan fingerprint density at radius 1 is 1.50 bits per heavy atom. The Morgan fingerprint density at radius 2 is 2.22 bits per heavy atom. The lowest BCUT2D eigenvalue weighted by molar-refractivity contribution is -0.132. The van der Waals surface area contributed by atoms with Gasteiger partial charge in [0.1, 0.15) is 23.6 Å². The highest BCUT2D eigenvalue weighted by Gasteiger charge is 2.35. The number of carbonyl (C=O) groups is 2. The van der Waals surface area contributed by atoms with E-state index in [1.54, 1.807) is 0 Å². The molecule has 0 aromatic heterocycles. The van der Waals surface area contributed by atoms with E-state index in [2.05, 4.69) is 0 Å². The van der Waals surface area contributed by atoms with Crippen molar-refractivity contribution in [2.24, 2.45) is 5.73 Å². The van der Waals surface area contributed by atoms with Gasteiger partial charge >= 0.3 is 0 Å². The number of hydrogen-bond acceptors (Lipinski definition) is 3. The minimum Gasteiger partial charge on any atom is -0.368 e. The molecule has 1 aromatic carbocycles. The topological polar surface area (TPSA) is 63.4 Å². The van der Waals surface area contributed by atoms with E-state index in [0.29, 0.717) is 0 Å². The van der Waals surface area contributed by atoms with E-state index in [9.17, 15) is 18.4 Å². The van der Waals surface area contributed by atoms with E-state index in [1.165, 1.54) is 22.7 Å². The van der Waals surface area contributed by atoms with Gasteiger partial charge in [0.05, 0.1) is 5.75 Å². The maximum Gasteiger partial charge on any atom is 0.237 e. The van der Waals surface area contributed by atoms with Gasteiger partial charge in [-0.3, -0.25) is 9.59 Å². The van der Waals surface area contributed by atoms with Crippen LogP contribution < -0.4 is 5.73 Å². The van der Waals surface area contributed by atoms with E-state index >= 15 is 0 Å². The Labute approximate surface area is 106 Å². The second-order valence-electron chi connectivity index (χ2n) is 3.82. The summed E-state index contributed by atoms with van der Waals surface area (Å²) in [5, 5.41) is -0.634. The van der Waals surface area contributed by atoms with Crippen molar-refractivity contribution in [2.45, 2.75) is 5.37 Å². The van der Waals surface area contributed by atoms with Crippen molar-refractivity contribution in [1.82, 2.24) is 4.90 Å². The predicted molar refractivity (Wildman–Crippen MR) is 62.5 cm³/mol. The van der Waals surface area contributed by atoms with E-state index in [-0.39, 0.29) is 23.8 Å². The molecular weight excluding hydrogens is 262 g/mol. The first-order valence-electron chi connectivity index (χ1n) is 5.13. The zero-order chi connectivity index (χ0) is 13.3. The highest BCUT2D eigenvalue weighted by Crippen LogP contribution is 2.39. The average Bonchev–Trinajstić information content (AvgIpc) is 2.60. The lowest BCUT2D eigenvalue weighted by Gasteiger charge is -2.23.